The van der Waals surface area contributed by atoms with Gasteiger partial charge in [0.1, 0.15) is 0 Å². The minimum atomic E-state index is 0.00581. The number of thioether (sulfide) groups is 1. The SMILES string of the molecule is Nc1nnc(SCC(=O)c2cccc(Cl)c2)s1. The highest BCUT2D eigenvalue weighted by Crippen LogP contribution is 2.24. The van der Waals surface area contributed by atoms with Crippen molar-refractivity contribution < 1.29 is 4.79 Å². The number of carbonyl (C=O) groups excluding carboxylic acids is 1. The number of nitrogens with two attached hydrogens (primary N) is 1. The zero-order valence-corrected chi connectivity index (χ0v) is 11.0. The second-order valence-corrected chi connectivity index (χ2v) is 5.80. The maximum absolute atomic E-state index is 11.8. The molecular weight excluding hydrogens is 278 g/mol. The predicted molar refractivity (Wildman–Crippen MR) is 70.8 cm³/mol. The van der Waals surface area contributed by atoms with Gasteiger partial charge in [-0.15, -0.1) is 10.2 Å². The molecule has 0 atom stereocenters. The minimum absolute atomic E-state index is 0.00581. The van der Waals surface area contributed by atoms with Crippen molar-refractivity contribution in [3.63, 3.8) is 0 Å². The lowest BCUT2D eigenvalue weighted by Crippen LogP contribution is -2.01. The molecule has 2 N–H and O–H groups in total. The predicted octanol–water partition coefficient (Wildman–Crippen LogP) is 2.75. The van der Waals surface area contributed by atoms with Gasteiger partial charge in [0.05, 0.1) is 5.75 Å². The number of aromatic nitrogens is 2. The average molecular weight is 286 g/mol. The number of rotatable bonds is 4. The Balaban J connectivity index is 1.98. The third kappa shape index (κ3) is 3.42. The number of ketones is 1. The Bertz CT molecular complexity index is 544. The summed E-state index contributed by atoms with van der Waals surface area (Å²) < 4.78 is 0.692. The maximum Gasteiger partial charge on any atom is 0.203 e. The van der Waals surface area contributed by atoms with E-state index in [1.807, 2.05) is 0 Å². The lowest BCUT2D eigenvalue weighted by molar-refractivity contribution is 0.102. The van der Waals surface area contributed by atoms with E-state index < -0.39 is 0 Å². The van der Waals surface area contributed by atoms with Gasteiger partial charge in [-0.2, -0.15) is 0 Å². The van der Waals surface area contributed by atoms with Crippen molar-refractivity contribution in [2.75, 3.05) is 11.5 Å². The van der Waals surface area contributed by atoms with Crippen LogP contribution in [0.15, 0.2) is 28.6 Å². The number of benzene rings is 1. The van der Waals surface area contributed by atoms with Gasteiger partial charge in [0.25, 0.3) is 0 Å². The lowest BCUT2D eigenvalue weighted by atomic mass is 10.1. The fourth-order valence-electron chi connectivity index (χ4n) is 1.15. The number of hydrogen-bond donors (Lipinski definition) is 1. The van der Waals surface area contributed by atoms with Crippen LogP contribution in [-0.2, 0) is 0 Å². The van der Waals surface area contributed by atoms with Crippen molar-refractivity contribution in [1.29, 1.82) is 0 Å². The second-order valence-electron chi connectivity index (χ2n) is 3.13. The highest BCUT2D eigenvalue weighted by molar-refractivity contribution is 8.01. The molecule has 88 valence electrons. The van der Waals surface area contributed by atoms with Crippen LogP contribution in [-0.4, -0.2) is 21.7 Å². The smallest absolute Gasteiger partial charge is 0.203 e. The van der Waals surface area contributed by atoms with Crippen LogP contribution in [0, 0.1) is 0 Å². The summed E-state index contributed by atoms with van der Waals surface area (Å²) in [4.78, 5) is 11.8. The molecule has 7 heteroatoms. The van der Waals surface area contributed by atoms with E-state index in [4.69, 9.17) is 17.3 Å². The Morgan fingerprint density at radius 2 is 2.29 bits per heavy atom. The number of hydrogen-bond acceptors (Lipinski definition) is 6. The summed E-state index contributed by atoms with van der Waals surface area (Å²) >= 11 is 8.40. The third-order valence-corrected chi connectivity index (χ3v) is 4.02. The zero-order chi connectivity index (χ0) is 12.3. The Labute approximate surface area is 111 Å². The van der Waals surface area contributed by atoms with Crippen LogP contribution in [0.4, 0.5) is 5.13 Å². The van der Waals surface area contributed by atoms with Crippen LogP contribution in [0.3, 0.4) is 0 Å². The number of carbonyl (C=O) groups is 1. The van der Waals surface area contributed by atoms with Crippen molar-refractivity contribution in [3.05, 3.63) is 34.9 Å². The molecule has 0 aliphatic heterocycles. The first-order valence-corrected chi connectivity index (χ1v) is 6.84. The van der Waals surface area contributed by atoms with Gasteiger partial charge in [-0.25, -0.2) is 0 Å². The molecule has 0 radical (unpaired) electrons. The van der Waals surface area contributed by atoms with Gasteiger partial charge in [-0.3, -0.25) is 4.79 Å². The van der Waals surface area contributed by atoms with Crippen molar-refractivity contribution in [1.82, 2.24) is 10.2 Å². The number of anilines is 1. The number of halogens is 1. The van der Waals surface area contributed by atoms with E-state index in [1.54, 1.807) is 24.3 Å². The Morgan fingerprint density at radius 1 is 1.47 bits per heavy atom. The van der Waals surface area contributed by atoms with Gasteiger partial charge in [-0.05, 0) is 12.1 Å². The molecule has 0 saturated carbocycles. The molecule has 0 bridgehead atoms. The van der Waals surface area contributed by atoms with Gasteiger partial charge in [0, 0.05) is 10.6 Å². The first-order chi connectivity index (χ1) is 8.15. The molecule has 0 saturated heterocycles. The summed E-state index contributed by atoms with van der Waals surface area (Å²) in [6.07, 6.45) is 0. The zero-order valence-electron chi connectivity index (χ0n) is 8.59. The molecule has 1 heterocycles. The molecule has 1 aromatic heterocycles. The molecule has 0 amide bonds. The molecule has 4 nitrogen and oxygen atoms in total. The van der Waals surface area contributed by atoms with Crippen LogP contribution < -0.4 is 5.73 Å². The Kier molecular flexibility index (Phi) is 3.98. The Morgan fingerprint density at radius 3 is 2.94 bits per heavy atom. The summed E-state index contributed by atoms with van der Waals surface area (Å²) in [7, 11) is 0. The van der Waals surface area contributed by atoms with Gasteiger partial charge in [0.15, 0.2) is 10.1 Å². The molecule has 0 aliphatic carbocycles. The highest BCUT2D eigenvalue weighted by Gasteiger charge is 2.09. The molecule has 2 aromatic rings. The summed E-state index contributed by atoms with van der Waals surface area (Å²) in [6, 6.07) is 6.88. The monoisotopic (exact) mass is 285 g/mol. The molecule has 0 spiro atoms. The molecule has 0 fully saturated rings. The fraction of sp³-hybridized carbons (Fsp3) is 0.100. The normalized spacial score (nSPS) is 10.4. The highest BCUT2D eigenvalue weighted by atomic mass is 35.5. The second kappa shape index (κ2) is 5.48. The lowest BCUT2D eigenvalue weighted by Gasteiger charge is -1.99. The fourth-order valence-corrected chi connectivity index (χ4v) is 2.87. The standard InChI is InChI=1S/C10H8ClN3OS2/c11-7-3-1-2-6(4-7)8(15)5-16-10-14-13-9(12)17-10/h1-4H,5H2,(H2,12,13). The van der Waals surface area contributed by atoms with Crippen LogP contribution in [0.25, 0.3) is 0 Å². The molecule has 0 aliphatic rings. The van der Waals surface area contributed by atoms with Gasteiger partial charge in [0.2, 0.25) is 5.13 Å². The van der Waals surface area contributed by atoms with Crippen molar-refractivity contribution in [2.24, 2.45) is 0 Å². The van der Waals surface area contributed by atoms with E-state index in [0.29, 0.717) is 25.8 Å². The van der Waals surface area contributed by atoms with E-state index in [0.717, 1.165) is 0 Å². The quantitative estimate of drug-likeness (QED) is 0.691. The van der Waals surface area contributed by atoms with Crippen LogP contribution in [0.2, 0.25) is 5.02 Å². The molecular formula is C10H8ClN3OS2. The summed E-state index contributed by atoms with van der Waals surface area (Å²) in [5.41, 5.74) is 6.04. The van der Waals surface area contributed by atoms with Gasteiger partial charge >= 0.3 is 0 Å². The van der Waals surface area contributed by atoms with E-state index in [-0.39, 0.29) is 5.78 Å². The summed E-state index contributed by atoms with van der Waals surface area (Å²) in [6.45, 7) is 0. The third-order valence-electron chi connectivity index (χ3n) is 1.90. The van der Waals surface area contributed by atoms with E-state index in [1.165, 1.54) is 23.1 Å². The van der Waals surface area contributed by atoms with Crippen molar-refractivity contribution >= 4 is 45.6 Å². The van der Waals surface area contributed by atoms with E-state index in [9.17, 15) is 4.79 Å². The van der Waals surface area contributed by atoms with Crippen LogP contribution >= 0.6 is 34.7 Å². The molecule has 2 rings (SSSR count). The van der Waals surface area contributed by atoms with Gasteiger partial charge in [-0.1, -0.05) is 46.8 Å². The molecule has 0 unspecified atom stereocenters. The van der Waals surface area contributed by atoms with E-state index >= 15 is 0 Å². The maximum atomic E-state index is 11.8. The number of nitrogens with zero attached hydrogens (tertiary/aromatic N) is 2. The van der Waals surface area contributed by atoms with Crippen LogP contribution in [0.1, 0.15) is 10.4 Å². The molecule has 1 aromatic carbocycles. The largest absolute Gasteiger partial charge is 0.374 e. The van der Waals surface area contributed by atoms with Crippen molar-refractivity contribution in [2.45, 2.75) is 4.34 Å². The first kappa shape index (κ1) is 12.3. The van der Waals surface area contributed by atoms with E-state index in [2.05, 4.69) is 10.2 Å². The average Bonchev–Trinajstić information content (AvgIpc) is 2.72. The minimum Gasteiger partial charge on any atom is -0.374 e. The van der Waals surface area contributed by atoms with Crippen molar-refractivity contribution in [3.8, 4) is 0 Å². The number of Topliss-reactive ketones (excluding diaryl/α,β-unsaturated/α-hetero) is 1. The van der Waals surface area contributed by atoms with Gasteiger partial charge < -0.3 is 5.73 Å². The topological polar surface area (TPSA) is 68.9 Å². The Hall–Kier alpha value is -1.11. The van der Waals surface area contributed by atoms with Crippen LogP contribution in [0.5, 0.6) is 0 Å². The summed E-state index contributed by atoms with van der Waals surface area (Å²) in [5, 5.41) is 8.46. The number of nitrogen functional groups attached to an aromatic ring is 1. The summed E-state index contributed by atoms with van der Waals surface area (Å²) in [5.74, 6) is 0.306. The molecule has 17 heavy (non-hydrogen) atoms. The first-order valence-electron chi connectivity index (χ1n) is 4.65.